The number of fused-ring (bicyclic) bond motifs is 1. The normalized spacial score (nSPS) is 16.0. The first kappa shape index (κ1) is 18.6. The van der Waals surface area contributed by atoms with E-state index < -0.39 is 11.6 Å². The molecule has 0 aliphatic carbocycles. The lowest BCUT2D eigenvalue weighted by Gasteiger charge is -2.14. The summed E-state index contributed by atoms with van der Waals surface area (Å²) in [7, 11) is 0. The van der Waals surface area contributed by atoms with Crippen molar-refractivity contribution in [1.82, 2.24) is 14.9 Å². The van der Waals surface area contributed by atoms with Gasteiger partial charge in [0.25, 0.3) is 5.56 Å². The zero-order valence-electron chi connectivity index (χ0n) is 14.5. The highest BCUT2D eigenvalue weighted by Gasteiger charge is 2.28. The molecule has 1 N–H and O–H groups in total. The molecule has 26 heavy (non-hydrogen) atoms. The van der Waals surface area contributed by atoms with E-state index in [1.807, 2.05) is 13.8 Å². The number of hydrogen-bond donors (Lipinski definition) is 1. The van der Waals surface area contributed by atoms with Gasteiger partial charge in [-0.2, -0.15) is 0 Å². The molecule has 0 spiro atoms. The number of nitrogens with one attached hydrogen (secondary N) is 1. The summed E-state index contributed by atoms with van der Waals surface area (Å²) in [4.78, 5) is 29.0. The van der Waals surface area contributed by atoms with Crippen LogP contribution in [0.2, 0.25) is 0 Å². The van der Waals surface area contributed by atoms with Gasteiger partial charge >= 0.3 is 0 Å². The van der Waals surface area contributed by atoms with Gasteiger partial charge in [-0.05, 0) is 18.1 Å². The maximum absolute atomic E-state index is 13.6. The molecule has 0 bridgehead atoms. The second-order valence-electron chi connectivity index (χ2n) is 6.47. The Kier molecular flexibility index (Phi) is 5.41. The fraction of sp³-hybridized carbons (Fsp3) is 0.389. The Bertz CT molecular complexity index is 878. The summed E-state index contributed by atoms with van der Waals surface area (Å²) in [5, 5.41) is 3.13. The topological polar surface area (TPSA) is 64.0 Å². The van der Waals surface area contributed by atoms with Crippen molar-refractivity contribution >= 4 is 17.7 Å². The minimum absolute atomic E-state index is 0.0542. The number of carbonyl (C=O) groups excluding carboxylic acids is 1. The van der Waals surface area contributed by atoms with Gasteiger partial charge in [0, 0.05) is 30.3 Å². The van der Waals surface area contributed by atoms with Gasteiger partial charge in [0.05, 0.1) is 11.7 Å². The minimum atomic E-state index is -0.700. The van der Waals surface area contributed by atoms with E-state index in [2.05, 4.69) is 10.3 Å². The van der Waals surface area contributed by atoms with Crippen LogP contribution in [0.5, 0.6) is 0 Å². The molecule has 0 fully saturated rings. The summed E-state index contributed by atoms with van der Waals surface area (Å²) in [6, 6.07) is 4.74. The van der Waals surface area contributed by atoms with Gasteiger partial charge in [-0.25, -0.2) is 13.8 Å². The molecule has 2 heterocycles. The molecule has 1 aliphatic rings. The van der Waals surface area contributed by atoms with Crippen LogP contribution in [0, 0.1) is 11.6 Å². The molecule has 0 saturated carbocycles. The van der Waals surface area contributed by atoms with Crippen LogP contribution in [0.4, 0.5) is 8.78 Å². The van der Waals surface area contributed by atoms with Crippen LogP contribution in [-0.2, 0) is 11.3 Å². The van der Waals surface area contributed by atoms with Gasteiger partial charge in [0.1, 0.15) is 11.6 Å². The Labute approximate surface area is 153 Å². The fourth-order valence-electron chi connectivity index (χ4n) is 2.79. The number of carbonyl (C=O) groups is 1. The predicted molar refractivity (Wildman–Crippen MR) is 95.2 cm³/mol. The summed E-state index contributed by atoms with van der Waals surface area (Å²) >= 11 is 1.43. The summed E-state index contributed by atoms with van der Waals surface area (Å²) in [6.45, 7) is 3.69. The molecule has 8 heteroatoms. The zero-order valence-corrected chi connectivity index (χ0v) is 15.3. The molecule has 5 nitrogen and oxygen atoms in total. The van der Waals surface area contributed by atoms with Crippen molar-refractivity contribution in [2.75, 3.05) is 5.75 Å². The van der Waals surface area contributed by atoms with Crippen LogP contribution in [0.1, 0.15) is 43.5 Å². The van der Waals surface area contributed by atoms with Gasteiger partial charge < -0.3 is 5.32 Å². The smallest absolute Gasteiger partial charge is 0.254 e. The van der Waals surface area contributed by atoms with E-state index in [1.165, 1.54) is 28.5 Å². The van der Waals surface area contributed by atoms with E-state index in [9.17, 15) is 18.4 Å². The monoisotopic (exact) mass is 379 g/mol. The number of thioether (sulfide) groups is 1. The first-order valence-corrected chi connectivity index (χ1v) is 9.31. The number of benzene rings is 1. The molecular weight excluding hydrogens is 360 g/mol. The molecule has 1 amide bonds. The van der Waals surface area contributed by atoms with Crippen molar-refractivity contribution in [2.45, 2.75) is 43.9 Å². The summed E-state index contributed by atoms with van der Waals surface area (Å²) in [5.41, 5.74) is 0.373. The van der Waals surface area contributed by atoms with Crippen LogP contribution in [0.3, 0.4) is 0 Å². The molecule has 1 aliphatic heterocycles. The van der Waals surface area contributed by atoms with Crippen LogP contribution in [0.15, 0.2) is 34.2 Å². The van der Waals surface area contributed by atoms with E-state index in [4.69, 9.17) is 0 Å². The predicted octanol–water partition coefficient (Wildman–Crippen LogP) is 3.00. The summed E-state index contributed by atoms with van der Waals surface area (Å²) in [6.07, 6.45) is 0.0542. The van der Waals surface area contributed by atoms with Crippen LogP contribution in [-0.4, -0.2) is 21.2 Å². The van der Waals surface area contributed by atoms with E-state index in [0.717, 1.165) is 17.8 Å². The molecule has 0 saturated heterocycles. The van der Waals surface area contributed by atoms with Crippen molar-refractivity contribution in [3.8, 4) is 0 Å². The molecule has 1 aromatic heterocycles. The highest BCUT2D eigenvalue weighted by atomic mass is 32.2. The van der Waals surface area contributed by atoms with Gasteiger partial charge in [-0.15, -0.1) is 0 Å². The maximum Gasteiger partial charge on any atom is 0.254 e. The van der Waals surface area contributed by atoms with Crippen molar-refractivity contribution < 1.29 is 13.6 Å². The quantitative estimate of drug-likeness (QED) is 0.812. The van der Waals surface area contributed by atoms with Crippen molar-refractivity contribution in [2.24, 2.45) is 0 Å². The molecule has 3 rings (SSSR count). The number of amides is 1. The average Bonchev–Trinajstić information content (AvgIpc) is 2.97. The van der Waals surface area contributed by atoms with Gasteiger partial charge in [-0.3, -0.25) is 14.2 Å². The second-order valence-corrected chi connectivity index (χ2v) is 7.46. The third-order valence-electron chi connectivity index (χ3n) is 4.25. The highest BCUT2D eigenvalue weighted by molar-refractivity contribution is 7.99. The Morgan fingerprint density at radius 1 is 1.38 bits per heavy atom. The number of hydrogen-bond acceptors (Lipinski definition) is 4. The first-order chi connectivity index (χ1) is 12.4. The molecule has 2 aromatic rings. The van der Waals surface area contributed by atoms with Crippen molar-refractivity contribution in [1.29, 1.82) is 0 Å². The van der Waals surface area contributed by atoms with Crippen molar-refractivity contribution in [3.63, 3.8) is 0 Å². The fourth-order valence-corrected chi connectivity index (χ4v) is 3.95. The number of nitrogens with zero attached hydrogens (tertiary/aromatic N) is 2. The standard InChI is InChI=1S/C18H19F2N3O2S/c1-10(2)15-7-17(25)23-11(9-26-18(23)22-15)6-16(24)21-8-12-13(19)4-3-5-14(12)20/h3-5,7,10-11H,6,8-9H2,1-2H3,(H,21,24)/t11-/m0/s1. The Balaban J connectivity index is 1.68. The van der Waals surface area contributed by atoms with Gasteiger partial charge in [0.15, 0.2) is 5.16 Å². The van der Waals surface area contributed by atoms with Crippen LogP contribution < -0.4 is 10.9 Å². The number of rotatable bonds is 5. The van der Waals surface area contributed by atoms with E-state index >= 15 is 0 Å². The maximum atomic E-state index is 13.6. The van der Waals surface area contributed by atoms with Gasteiger partial charge in [-0.1, -0.05) is 31.7 Å². The molecule has 1 aromatic carbocycles. The third kappa shape index (κ3) is 3.80. The van der Waals surface area contributed by atoms with Crippen molar-refractivity contribution in [3.05, 3.63) is 57.5 Å². The largest absolute Gasteiger partial charge is 0.352 e. The summed E-state index contributed by atoms with van der Waals surface area (Å²) in [5.74, 6) is -1.06. The minimum Gasteiger partial charge on any atom is -0.352 e. The lowest BCUT2D eigenvalue weighted by Crippen LogP contribution is -2.31. The van der Waals surface area contributed by atoms with E-state index in [0.29, 0.717) is 10.9 Å². The molecule has 0 unspecified atom stereocenters. The average molecular weight is 379 g/mol. The molecule has 138 valence electrons. The number of aromatic nitrogens is 2. The summed E-state index contributed by atoms with van der Waals surface area (Å²) < 4.78 is 28.7. The molecule has 1 atom stereocenters. The van der Waals surface area contributed by atoms with Crippen LogP contribution >= 0.6 is 11.8 Å². The second kappa shape index (κ2) is 7.57. The molecular formula is C18H19F2N3O2S. The zero-order chi connectivity index (χ0) is 18.8. The Morgan fingerprint density at radius 3 is 2.73 bits per heavy atom. The lowest BCUT2D eigenvalue weighted by atomic mass is 10.1. The third-order valence-corrected chi connectivity index (χ3v) is 5.34. The molecule has 0 radical (unpaired) electrons. The number of halogens is 2. The highest BCUT2D eigenvalue weighted by Crippen LogP contribution is 2.32. The van der Waals surface area contributed by atoms with E-state index in [-0.39, 0.29) is 42.0 Å². The van der Waals surface area contributed by atoms with E-state index in [1.54, 1.807) is 0 Å². The van der Waals surface area contributed by atoms with Gasteiger partial charge in [0.2, 0.25) is 5.91 Å². The van der Waals surface area contributed by atoms with Crippen LogP contribution in [0.25, 0.3) is 0 Å². The Morgan fingerprint density at radius 2 is 2.08 bits per heavy atom. The first-order valence-electron chi connectivity index (χ1n) is 8.32. The Hall–Kier alpha value is -2.22. The lowest BCUT2D eigenvalue weighted by molar-refractivity contribution is -0.121. The SMILES string of the molecule is CC(C)c1cc(=O)n2c(n1)SC[C@@H]2CC(=O)NCc1c(F)cccc1F.